The van der Waals surface area contributed by atoms with E-state index >= 15 is 0 Å². The van der Waals surface area contributed by atoms with E-state index in [9.17, 15) is 0 Å². The Kier molecular flexibility index (Phi) is 12.8. The van der Waals surface area contributed by atoms with Crippen LogP contribution in [-0.4, -0.2) is 34.6 Å². The zero-order valence-corrected chi connectivity index (χ0v) is 24.8. The van der Waals surface area contributed by atoms with Crippen LogP contribution in [0.15, 0.2) is 72.8 Å². The zero-order valence-electron chi connectivity index (χ0n) is 24.8. The predicted octanol–water partition coefficient (Wildman–Crippen LogP) is 4.74. The van der Waals surface area contributed by atoms with Gasteiger partial charge in [-0.15, -0.1) is 0 Å². The monoisotopic (exact) mass is 562 g/mol. The van der Waals surface area contributed by atoms with Gasteiger partial charge in [0.15, 0.2) is 0 Å². The Balaban J connectivity index is 1.49. The number of benzene rings is 3. The Morgan fingerprint density at radius 2 is 0.952 bits per heavy atom. The van der Waals surface area contributed by atoms with Crippen molar-refractivity contribution in [3.05, 3.63) is 72.8 Å². The molecule has 214 valence electrons. The third kappa shape index (κ3) is 9.67. The molecule has 1 fully saturated rings. The summed E-state index contributed by atoms with van der Waals surface area (Å²) in [7, 11) is -1.97. The molecular formula is C33H37B3O6. The number of hydrogen-bond donors (Lipinski definition) is 0. The summed E-state index contributed by atoms with van der Waals surface area (Å²) >= 11 is 0. The minimum absolute atomic E-state index is 0.605. The van der Waals surface area contributed by atoms with Crippen molar-refractivity contribution in [2.24, 2.45) is 0 Å². The van der Waals surface area contributed by atoms with E-state index in [-0.39, 0.29) is 0 Å². The lowest BCUT2D eigenvalue weighted by molar-refractivity contribution is 0.305. The van der Waals surface area contributed by atoms with Crippen LogP contribution in [0.4, 0.5) is 0 Å². The molecule has 4 rings (SSSR count). The molecule has 6 nitrogen and oxygen atoms in total. The van der Waals surface area contributed by atoms with E-state index in [1.54, 1.807) is 6.92 Å². The van der Waals surface area contributed by atoms with Gasteiger partial charge in [0.25, 0.3) is 0 Å². The summed E-state index contributed by atoms with van der Waals surface area (Å²) in [5.41, 5.74) is 2.57. The molecule has 0 amide bonds. The fourth-order valence-corrected chi connectivity index (χ4v) is 4.30. The minimum Gasteiger partial charge on any atom is -0.494 e. The van der Waals surface area contributed by atoms with Gasteiger partial charge in [0.05, 0.1) is 13.2 Å². The van der Waals surface area contributed by atoms with Crippen molar-refractivity contribution in [3.63, 3.8) is 0 Å². The highest BCUT2D eigenvalue weighted by Crippen LogP contribution is 2.16. The van der Waals surface area contributed by atoms with Crippen LogP contribution in [-0.2, 0) is 13.7 Å². The number of ether oxygens (including phenoxy) is 3. The van der Waals surface area contributed by atoms with Crippen molar-refractivity contribution in [3.8, 4) is 41.1 Å². The first-order chi connectivity index (χ1) is 20.7. The van der Waals surface area contributed by atoms with Crippen molar-refractivity contribution in [1.82, 2.24) is 0 Å². The number of rotatable bonds is 14. The smallest absolute Gasteiger partial charge is 0.467 e. The summed E-state index contributed by atoms with van der Waals surface area (Å²) in [6.07, 6.45) is 9.30. The van der Waals surface area contributed by atoms with Gasteiger partial charge in [-0.2, -0.15) is 0 Å². The van der Waals surface area contributed by atoms with Crippen LogP contribution in [0.3, 0.4) is 0 Å². The Morgan fingerprint density at radius 3 is 1.33 bits per heavy atom. The zero-order chi connectivity index (χ0) is 29.4. The number of unbranched alkanes of at least 4 members (excludes halogenated alkanes) is 4. The second kappa shape index (κ2) is 17.3. The highest BCUT2D eigenvalue weighted by Gasteiger charge is 2.43. The first kappa shape index (κ1) is 31.2. The van der Waals surface area contributed by atoms with Gasteiger partial charge in [-0.1, -0.05) is 81.8 Å². The third-order valence-electron chi connectivity index (χ3n) is 6.64. The van der Waals surface area contributed by atoms with Crippen LogP contribution in [0.25, 0.3) is 0 Å². The van der Waals surface area contributed by atoms with Gasteiger partial charge in [0, 0.05) is 5.92 Å². The van der Waals surface area contributed by atoms with Gasteiger partial charge in [0.1, 0.15) is 23.4 Å². The van der Waals surface area contributed by atoms with Gasteiger partial charge in [-0.25, -0.2) is 0 Å². The first-order valence-corrected chi connectivity index (χ1v) is 14.8. The van der Waals surface area contributed by atoms with Gasteiger partial charge in [-0.3, -0.25) is 0 Å². The van der Waals surface area contributed by atoms with Crippen LogP contribution in [0.5, 0.6) is 17.2 Å². The van der Waals surface area contributed by atoms with E-state index in [1.165, 1.54) is 0 Å². The number of hydrogen-bond acceptors (Lipinski definition) is 6. The highest BCUT2D eigenvalue weighted by molar-refractivity contribution is 6.87. The van der Waals surface area contributed by atoms with Crippen LogP contribution >= 0.6 is 0 Å². The summed E-state index contributed by atoms with van der Waals surface area (Å²) < 4.78 is 36.2. The molecule has 0 radical (unpaired) electrons. The Bertz CT molecular complexity index is 1280. The molecule has 3 aromatic rings. The molecule has 42 heavy (non-hydrogen) atoms. The highest BCUT2D eigenvalue weighted by atomic mass is 16.7. The predicted molar refractivity (Wildman–Crippen MR) is 171 cm³/mol. The molecule has 0 bridgehead atoms. The maximum Gasteiger partial charge on any atom is 0.467 e. The summed E-state index contributed by atoms with van der Waals surface area (Å²) in [6.45, 7) is 7.50. The molecule has 0 saturated carbocycles. The van der Waals surface area contributed by atoms with E-state index in [4.69, 9.17) is 27.9 Å². The van der Waals surface area contributed by atoms with Crippen molar-refractivity contribution < 1.29 is 27.9 Å². The molecule has 0 aliphatic carbocycles. The largest absolute Gasteiger partial charge is 0.494 e. The van der Waals surface area contributed by atoms with E-state index in [2.05, 4.69) is 37.7 Å². The fraction of sp³-hybridized carbons (Fsp3) is 0.333. The lowest BCUT2D eigenvalue weighted by Crippen LogP contribution is -2.61. The Hall–Kier alpha value is -3.75. The molecule has 9 heteroatoms. The van der Waals surface area contributed by atoms with Gasteiger partial charge >= 0.3 is 21.4 Å². The van der Waals surface area contributed by atoms with Gasteiger partial charge < -0.3 is 27.9 Å². The molecule has 1 aliphatic heterocycles. The molecule has 1 saturated heterocycles. The van der Waals surface area contributed by atoms with Crippen LogP contribution in [0, 0.1) is 23.9 Å². The Labute approximate surface area is 251 Å². The van der Waals surface area contributed by atoms with Crippen molar-refractivity contribution in [1.29, 1.82) is 0 Å². The van der Waals surface area contributed by atoms with Gasteiger partial charge in [-0.05, 0) is 78.5 Å². The summed E-state index contributed by atoms with van der Waals surface area (Å²) in [6, 6.07) is 23.1. The topological polar surface area (TPSA) is 55.4 Å². The van der Waals surface area contributed by atoms with E-state index in [1.807, 2.05) is 72.8 Å². The molecule has 0 unspecified atom stereocenters. The molecule has 1 aliphatic rings. The maximum atomic E-state index is 6.33. The summed E-state index contributed by atoms with van der Waals surface area (Å²) in [5.74, 6) is 10.3. The van der Waals surface area contributed by atoms with Gasteiger partial charge in [0.2, 0.25) is 0 Å². The van der Waals surface area contributed by atoms with Crippen molar-refractivity contribution in [2.45, 2.75) is 59.3 Å². The SMILES string of the molecule is CC#CC#COc1ccc(B2OB(c3ccc(OCCCCC)cc3)OB(c3ccc(OCCCCC)cc3)O2)cc1. The maximum absolute atomic E-state index is 6.33. The average Bonchev–Trinajstić information content (AvgIpc) is 3.04. The minimum atomic E-state index is -0.671. The molecule has 0 spiro atoms. The molecular weight excluding hydrogens is 525 g/mol. The lowest BCUT2D eigenvalue weighted by atomic mass is 9.61. The van der Waals surface area contributed by atoms with Crippen LogP contribution in [0.1, 0.15) is 59.3 Å². The molecule has 1 heterocycles. The third-order valence-corrected chi connectivity index (χ3v) is 6.64. The Morgan fingerprint density at radius 1 is 0.548 bits per heavy atom. The summed E-state index contributed by atoms with van der Waals surface area (Å²) in [5, 5.41) is 0. The molecule has 3 aromatic carbocycles. The van der Waals surface area contributed by atoms with Crippen molar-refractivity contribution >= 4 is 37.7 Å². The second-order valence-electron chi connectivity index (χ2n) is 9.93. The first-order valence-electron chi connectivity index (χ1n) is 14.8. The van der Waals surface area contributed by atoms with Crippen LogP contribution in [0.2, 0.25) is 0 Å². The quantitative estimate of drug-likeness (QED) is 0.161. The summed E-state index contributed by atoms with van der Waals surface area (Å²) in [4.78, 5) is 0. The van der Waals surface area contributed by atoms with E-state index < -0.39 is 21.4 Å². The van der Waals surface area contributed by atoms with E-state index in [0.29, 0.717) is 19.0 Å². The second-order valence-corrected chi connectivity index (χ2v) is 9.93. The molecule has 0 aromatic heterocycles. The van der Waals surface area contributed by atoms with E-state index in [0.717, 1.165) is 66.4 Å². The van der Waals surface area contributed by atoms with Crippen molar-refractivity contribution in [2.75, 3.05) is 13.2 Å². The molecule has 0 N–H and O–H groups in total. The lowest BCUT2D eigenvalue weighted by Gasteiger charge is -2.31. The van der Waals surface area contributed by atoms with Crippen LogP contribution < -0.4 is 30.6 Å². The average molecular weight is 562 g/mol. The standard InChI is InChI=1S/C33H37B3O6/c1-4-7-10-25-37-31-19-13-28(14-20-31)34-40-35(29-15-21-32(22-16-29)38-26-11-8-5-2)42-36(41-34)30-17-23-33(24-18-30)39-27-12-9-6-3/h13-24H,4-5,7-8,10-11,25-26H2,1-3H3. The molecule has 0 atom stereocenters. The normalized spacial score (nSPS) is 12.6. The fourth-order valence-electron chi connectivity index (χ4n) is 4.30.